The molecular weight excluding hydrogens is 330 g/mol. The first kappa shape index (κ1) is 20.3. The Morgan fingerprint density at radius 1 is 1.00 bits per heavy atom. The Morgan fingerprint density at radius 3 is 2.38 bits per heavy atom. The quantitative estimate of drug-likeness (QED) is 0.475. The topological polar surface area (TPSA) is 104 Å². The number of hydrogen-bond acceptors (Lipinski definition) is 4. The van der Waals surface area contributed by atoms with Gasteiger partial charge in [0.2, 0.25) is 0 Å². The number of aromatic nitrogens is 1. The Kier molecular flexibility index (Phi) is 8.44. The summed E-state index contributed by atoms with van der Waals surface area (Å²) in [6.07, 6.45) is 7.02. The molecule has 0 bridgehead atoms. The molecule has 0 unspecified atom stereocenters. The van der Waals surface area contributed by atoms with Crippen LogP contribution in [0.3, 0.4) is 0 Å². The van der Waals surface area contributed by atoms with E-state index in [4.69, 9.17) is 16.2 Å². The van der Waals surface area contributed by atoms with Gasteiger partial charge in [-0.3, -0.25) is 0 Å². The number of nitrogens with zero attached hydrogens (tertiary/aromatic N) is 1. The molecule has 1 heterocycles. The van der Waals surface area contributed by atoms with E-state index >= 15 is 0 Å². The van der Waals surface area contributed by atoms with E-state index in [0.29, 0.717) is 31.9 Å². The first-order valence-corrected chi connectivity index (χ1v) is 9.57. The van der Waals surface area contributed by atoms with Crippen molar-refractivity contribution in [2.75, 3.05) is 19.7 Å². The lowest BCUT2D eigenvalue weighted by atomic mass is 10.2. The molecule has 144 valence electrons. The number of carboxylic acids is 1. The fraction of sp³-hybridized carbons (Fsp3) is 0.550. The molecule has 2 aromatic rings. The van der Waals surface area contributed by atoms with E-state index in [1.54, 1.807) is 6.07 Å². The van der Waals surface area contributed by atoms with Crippen molar-refractivity contribution in [3.63, 3.8) is 0 Å². The zero-order valence-corrected chi connectivity index (χ0v) is 15.5. The predicted octanol–water partition coefficient (Wildman–Crippen LogP) is 3.37. The molecule has 1 aromatic carbocycles. The fourth-order valence-electron chi connectivity index (χ4n) is 3.19. The molecule has 5 N–H and O–H groups in total. The van der Waals surface area contributed by atoms with Gasteiger partial charge in [-0.1, -0.05) is 25.0 Å². The van der Waals surface area contributed by atoms with E-state index in [-0.39, 0.29) is 0 Å². The number of benzene rings is 1. The van der Waals surface area contributed by atoms with Crippen molar-refractivity contribution in [2.45, 2.75) is 51.5 Å². The zero-order chi connectivity index (χ0) is 18.8. The summed E-state index contributed by atoms with van der Waals surface area (Å²) in [6.45, 7) is 2.69. The van der Waals surface area contributed by atoms with Gasteiger partial charge in [0.1, 0.15) is 11.4 Å². The molecule has 6 heteroatoms. The molecule has 0 amide bonds. The van der Waals surface area contributed by atoms with Crippen molar-refractivity contribution in [3.05, 3.63) is 30.0 Å². The third-order valence-corrected chi connectivity index (χ3v) is 4.54. The number of fused-ring (bicyclic) bond motifs is 1. The van der Waals surface area contributed by atoms with Gasteiger partial charge >= 0.3 is 5.97 Å². The highest BCUT2D eigenvalue weighted by molar-refractivity contribution is 5.96. The van der Waals surface area contributed by atoms with Crippen LogP contribution in [0.4, 0.5) is 0 Å². The first-order chi connectivity index (χ1) is 12.7. The van der Waals surface area contributed by atoms with Gasteiger partial charge in [-0.2, -0.15) is 0 Å². The maximum atomic E-state index is 11.7. The third-order valence-electron chi connectivity index (χ3n) is 4.54. The smallest absolute Gasteiger partial charge is 0.352 e. The van der Waals surface area contributed by atoms with Crippen LogP contribution in [0.15, 0.2) is 24.3 Å². The Labute approximate surface area is 155 Å². The van der Waals surface area contributed by atoms with Gasteiger partial charge in [0, 0.05) is 11.9 Å². The van der Waals surface area contributed by atoms with E-state index < -0.39 is 5.97 Å². The molecule has 0 aliphatic rings. The average Bonchev–Trinajstić information content (AvgIpc) is 3.01. The Bertz CT molecular complexity index is 697. The molecule has 0 aliphatic carbocycles. The van der Waals surface area contributed by atoms with Crippen LogP contribution in [0, 0.1) is 0 Å². The minimum absolute atomic E-state index is 0.318. The monoisotopic (exact) mass is 361 g/mol. The summed E-state index contributed by atoms with van der Waals surface area (Å²) >= 11 is 0. The second-order valence-corrected chi connectivity index (χ2v) is 6.58. The summed E-state index contributed by atoms with van der Waals surface area (Å²) in [6, 6.07) is 7.50. The zero-order valence-electron chi connectivity index (χ0n) is 15.5. The predicted molar refractivity (Wildman–Crippen MR) is 105 cm³/mol. The highest BCUT2D eigenvalue weighted by Crippen LogP contribution is 2.30. The molecule has 2 rings (SSSR count). The lowest BCUT2D eigenvalue weighted by Gasteiger charge is -2.13. The number of rotatable bonds is 13. The van der Waals surface area contributed by atoms with Gasteiger partial charge in [-0.15, -0.1) is 0 Å². The van der Waals surface area contributed by atoms with Crippen molar-refractivity contribution in [1.29, 1.82) is 0 Å². The van der Waals surface area contributed by atoms with E-state index in [1.165, 1.54) is 0 Å². The maximum absolute atomic E-state index is 11.7. The van der Waals surface area contributed by atoms with Crippen molar-refractivity contribution in [3.8, 4) is 5.75 Å². The van der Waals surface area contributed by atoms with Crippen molar-refractivity contribution >= 4 is 16.9 Å². The summed E-state index contributed by atoms with van der Waals surface area (Å²) in [5.41, 5.74) is 12.2. The number of hydrogen-bond donors (Lipinski definition) is 3. The highest BCUT2D eigenvalue weighted by atomic mass is 16.5. The van der Waals surface area contributed by atoms with Crippen LogP contribution in [0.1, 0.15) is 55.4 Å². The molecule has 1 aromatic heterocycles. The number of para-hydroxylation sites is 1. The number of carbonyl (C=O) groups is 1. The number of nitrogens with two attached hydrogens (primary N) is 2. The molecule has 0 radical (unpaired) electrons. The third kappa shape index (κ3) is 5.47. The summed E-state index contributed by atoms with van der Waals surface area (Å²) < 4.78 is 7.86. The summed E-state index contributed by atoms with van der Waals surface area (Å²) in [5.74, 6) is -0.151. The molecule has 26 heavy (non-hydrogen) atoms. The van der Waals surface area contributed by atoms with Gasteiger partial charge < -0.3 is 25.9 Å². The van der Waals surface area contributed by atoms with Gasteiger partial charge in [0.05, 0.1) is 12.1 Å². The van der Waals surface area contributed by atoms with Crippen LogP contribution in [0.25, 0.3) is 10.9 Å². The fourth-order valence-corrected chi connectivity index (χ4v) is 3.19. The number of unbranched alkanes of at least 4 members (excludes halogenated alkanes) is 5. The highest BCUT2D eigenvalue weighted by Gasteiger charge is 2.17. The molecule has 0 fully saturated rings. The lowest BCUT2D eigenvalue weighted by Crippen LogP contribution is -2.10. The standard InChI is InChI=1S/C20H31N3O3/c21-11-4-1-2-6-13-23-17(20(24)25)15-16-9-8-10-18(19(16)23)26-14-7-3-5-12-22/h8-10,15H,1-7,11-14,21-22H2,(H,24,25). The van der Waals surface area contributed by atoms with Crippen LogP contribution in [-0.4, -0.2) is 35.3 Å². The lowest BCUT2D eigenvalue weighted by molar-refractivity contribution is 0.0685. The SMILES string of the molecule is NCCCCCCn1c(C(=O)O)cc2cccc(OCCCCCN)c21. The van der Waals surface area contributed by atoms with Gasteiger partial charge in [-0.25, -0.2) is 4.79 Å². The maximum Gasteiger partial charge on any atom is 0.352 e. The van der Waals surface area contributed by atoms with Crippen LogP contribution in [-0.2, 0) is 6.54 Å². The van der Waals surface area contributed by atoms with E-state index in [1.807, 2.05) is 22.8 Å². The summed E-state index contributed by atoms with van der Waals surface area (Å²) in [7, 11) is 0. The molecule has 0 saturated heterocycles. The minimum Gasteiger partial charge on any atom is -0.491 e. The molecule has 0 atom stereocenters. The Balaban J connectivity index is 2.16. The van der Waals surface area contributed by atoms with Crippen LogP contribution in [0.5, 0.6) is 5.75 Å². The van der Waals surface area contributed by atoms with Crippen molar-refractivity contribution < 1.29 is 14.6 Å². The normalized spacial score (nSPS) is 11.2. The van der Waals surface area contributed by atoms with Crippen LogP contribution >= 0.6 is 0 Å². The van der Waals surface area contributed by atoms with Crippen molar-refractivity contribution in [2.24, 2.45) is 11.5 Å². The van der Waals surface area contributed by atoms with Crippen LogP contribution in [0.2, 0.25) is 0 Å². The molecular formula is C20H31N3O3. The molecule has 0 aliphatic heterocycles. The largest absolute Gasteiger partial charge is 0.491 e. The first-order valence-electron chi connectivity index (χ1n) is 9.57. The average molecular weight is 361 g/mol. The number of ether oxygens (including phenoxy) is 1. The summed E-state index contributed by atoms with van der Waals surface area (Å²) in [5, 5.41) is 10.5. The van der Waals surface area contributed by atoms with Gasteiger partial charge in [0.25, 0.3) is 0 Å². The second-order valence-electron chi connectivity index (χ2n) is 6.58. The van der Waals surface area contributed by atoms with Crippen LogP contribution < -0.4 is 16.2 Å². The van der Waals surface area contributed by atoms with Gasteiger partial charge in [-0.05, 0) is 57.3 Å². The second kappa shape index (κ2) is 10.8. The van der Waals surface area contributed by atoms with Crippen molar-refractivity contribution in [1.82, 2.24) is 4.57 Å². The van der Waals surface area contributed by atoms with E-state index in [0.717, 1.165) is 61.6 Å². The molecule has 6 nitrogen and oxygen atoms in total. The van der Waals surface area contributed by atoms with E-state index in [9.17, 15) is 9.90 Å². The minimum atomic E-state index is -0.906. The number of aryl methyl sites for hydroxylation is 1. The van der Waals surface area contributed by atoms with Gasteiger partial charge in [0.15, 0.2) is 0 Å². The molecule has 0 spiro atoms. The summed E-state index contributed by atoms with van der Waals surface area (Å²) in [4.78, 5) is 11.7. The van der Waals surface area contributed by atoms with E-state index in [2.05, 4.69) is 0 Å². The number of aromatic carboxylic acids is 1. The Hall–Kier alpha value is -2.05. The molecule has 0 saturated carbocycles. The Morgan fingerprint density at radius 2 is 1.69 bits per heavy atom. The number of carboxylic acid groups (broad SMARTS) is 1.